The number of halogens is 2. The third-order valence-corrected chi connectivity index (χ3v) is 4.30. The lowest BCUT2D eigenvalue weighted by Gasteiger charge is -2.29. The number of rotatable bonds is 2. The van der Waals surface area contributed by atoms with Crippen molar-refractivity contribution < 1.29 is 14.4 Å². The van der Waals surface area contributed by atoms with E-state index in [1.807, 2.05) is 0 Å². The van der Waals surface area contributed by atoms with E-state index in [9.17, 15) is 14.4 Å². The number of carbonyl (C=O) groups is 3. The maximum absolute atomic E-state index is 12.1. The summed E-state index contributed by atoms with van der Waals surface area (Å²) in [5.74, 6) is -2.00. The van der Waals surface area contributed by atoms with Crippen LogP contribution in [0.4, 0.5) is 5.69 Å². The normalized spacial score (nSPS) is 15.5. The Bertz CT molecular complexity index is 613. The molecule has 0 spiro atoms. The van der Waals surface area contributed by atoms with Crippen LogP contribution >= 0.6 is 23.2 Å². The van der Waals surface area contributed by atoms with Crippen LogP contribution in [-0.4, -0.2) is 35.7 Å². The van der Waals surface area contributed by atoms with Crippen molar-refractivity contribution in [2.45, 2.75) is 12.8 Å². The fraction of sp³-hybridized carbons (Fsp3) is 0.357. The first-order valence-electron chi connectivity index (χ1n) is 6.73. The van der Waals surface area contributed by atoms with Crippen molar-refractivity contribution in [3.63, 3.8) is 0 Å². The predicted octanol–water partition coefficient (Wildman–Crippen LogP) is 1.66. The molecule has 0 bridgehead atoms. The van der Waals surface area contributed by atoms with Crippen molar-refractivity contribution in [1.29, 1.82) is 0 Å². The highest BCUT2D eigenvalue weighted by atomic mass is 35.5. The van der Waals surface area contributed by atoms with Crippen LogP contribution < -0.4 is 11.1 Å². The summed E-state index contributed by atoms with van der Waals surface area (Å²) in [6.07, 6.45) is 0.947. The summed E-state index contributed by atoms with van der Waals surface area (Å²) in [5.41, 5.74) is 5.62. The molecule has 2 rings (SSSR count). The second-order valence-corrected chi connectivity index (χ2v) is 5.87. The number of nitrogens with one attached hydrogen (secondary N) is 1. The summed E-state index contributed by atoms with van der Waals surface area (Å²) < 4.78 is 0. The molecule has 1 aromatic carbocycles. The van der Waals surface area contributed by atoms with Crippen molar-refractivity contribution in [3.8, 4) is 0 Å². The zero-order chi connectivity index (χ0) is 16.3. The van der Waals surface area contributed by atoms with Crippen LogP contribution in [0.15, 0.2) is 18.2 Å². The number of nitrogens with two attached hydrogens (primary N) is 1. The number of anilines is 1. The van der Waals surface area contributed by atoms with Crippen LogP contribution in [-0.2, 0) is 14.4 Å². The summed E-state index contributed by atoms with van der Waals surface area (Å²) in [4.78, 5) is 36.5. The molecular formula is C14H15Cl2N3O3. The van der Waals surface area contributed by atoms with Crippen LogP contribution in [0.3, 0.4) is 0 Å². The number of benzene rings is 1. The van der Waals surface area contributed by atoms with Gasteiger partial charge in [-0.2, -0.15) is 0 Å². The largest absolute Gasteiger partial charge is 0.369 e. The molecule has 22 heavy (non-hydrogen) atoms. The Labute approximate surface area is 137 Å². The summed E-state index contributed by atoms with van der Waals surface area (Å²) in [5, 5.41) is 3.12. The van der Waals surface area contributed by atoms with E-state index >= 15 is 0 Å². The molecule has 0 unspecified atom stereocenters. The van der Waals surface area contributed by atoms with Gasteiger partial charge < -0.3 is 16.0 Å². The van der Waals surface area contributed by atoms with Gasteiger partial charge in [-0.05, 0) is 31.0 Å². The Hall–Kier alpha value is -1.79. The van der Waals surface area contributed by atoms with E-state index in [2.05, 4.69) is 5.32 Å². The topological polar surface area (TPSA) is 92.5 Å². The molecule has 0 atom stereocenters. The van der Waals surface area contributed by atoms with Gasteiger partial charge in [0.1, 0.15) is 0 Å². The third kappa shape index (κ3) is 3.90. The smallest absolute Gasteiger partial charge is 0.313 e. The van der Waals surface area contributed by atoms with Crippen molar-refractivity contribution >= 4 is 46.6 Å². The van der Waals surface area contributed by atoms with Crippen molar-refractivity contribution in [1.82, 2.24) is 4.90 Å². The van der Waals surface area contributed by atoms with Gasteiger partial charge in [-0.3, -0.25) is 14.4 Å². The lowest BCUT2D eigenvalue weighted by molar-refractivity contribution is -0.144. The van der Waals surface area contributed by atoms with E-state index in [-0.39, 0.29) is 16.8 Å². The average Bonchev–Trinajstić information content (AvgIpc) is 2.50. The SMILES string of the molecule is NC(=O)C1CCN(C(=O)C(=O)Nc2ccc(Cl)c(Cl)c2)CC1. The third-order valence-electron chi connectivity index (χ3n) is 3.56. The van der Waals surface area contributed by atoms with E-state index in [1.54, 1.807) is 6.07 Å². The first-order chi connectivity index (χ1) is 10.4. The number of hydrogen-bond acceptors (Lipinski definition) is 3. The second kappa shape index (κ2) is 6.98. The number of amides is 3. The molecule has 1 aliphatic heterocycles. The van der Waals surface area contributed by atoms with Gasteiger partial charge in [-0.1, -0.05) is 23.2 Å². The minimum Gasteiger partial charge on any atom is -0.369 e. The van der Waals surface area contributed by atoms with Gasteiger partial charge in [0.15, 0.2) is 0 Å². The summed E-state index contributed by atoms with van der Waals surface area (Å²) >= 11 is 11.6. The van der Waals surface area contributed by atoms with Crippen LogP contribution in [0.1, 0.15) is 12.8 Å². The fourth-order valence-electron chi connectivity index (χ4n) is 2.27. The van der Waals surface area contributed by atoms with Crippen LogP contribution in [0.2, 0.25) is 10.0 Å². The molecular weight excluding hydrogens is 329 g/mol. The quantitative estimate of drug-likeness (QED) is 0.799. The molecule has 0 aromatic heterocycles. The van der Waals surface area contributed by atoms with Crippen LogP contribution in [0.25, 0.3) is 0 Å². The predicted molar refractivity (Wildman–Crippen MR) is 83.6 cm³/mol. The van der Waals surface area contributed by atoms with Crippen LogP contribution in [0, 0.1) is 5.92 Å². The molecule has 3 N–H and O–H groups in total. The molecule has 8 heteroatoms. The zero-order valence-electron chi connectivity index (χ0n) is 11.6. The van der Waals surface area contributed by atoms with E-state index in [0.29, 0.717) is 36.6 Å². The Kier molecular flexibility index (Phi) is 5.26. The molecule has 3 amide bonds. The fourth-order valence-corrected chi connectivity index (χ4v) is 2.57. The minimum atomic E-state index is -0.754. The molecule has 118 valence electrons. The Morgan fingerprint density at radius 2 is 1.77 bits per heavy atom. The number of hydrogen-bond donors (Lipinski definition) is 2. The van der Waals surface area contributed by atoms with E-state index in [4.69, 9.17) is 28.9 Å². The van der Waals surface area contributed by atoms with Gasteiger partial charge in [0.05, 0.1) is 10.0 Å². The zero-order valence-corrected chi connectivity index (χ0v) is 13.2. The molecule has 6 nitrogen and oxygen atoms in total. The Morgan fingerprint density at radius 1 is 1.14 bits per heavy atom. The molecule has 1 aliphatic rings. The molecule has 1 aromatic rings. The molecule has 1 heterocycles. The van der Waals surface area contributed by atoms with Crippen molar-refractivity contribution in [2.24, 2.45) is 11.7 Å². The number of primary amides is 1. The maximum Gasteiger partial charge on any atom is 0.313 e. The maximum atomic E-state index is 12.1. The highest BCUT2D eigenvalue weighted by Gasteiger charge is 2.29. The second-order valence-electron chi connectivity index (χ2n) is 5.05. The summed E-state index contributed by atoms with van der Waals surface area (Å²) in [6.45, 7) is 0.669. The highest BCUT2D eigenvalue weighted by Crippen LogP contribution is 2.25. The van der Waals surface area contributed by atoms with Gasteiger partial charge in [0.25, 0.3) is 0 Å². The number of likely N-dealkylation sites (tertiary alicyclic amines) is 1. The number of piperidine rings is 1. The van der Waals surface area contributed by atoms with Gasteiger partial charge >= 0.3 is 11.8 Å². The summed E-state index contributed by atoms with van der Waals surface area (Å²) in [7, 11) is 0. The molecule has 0 radical (unpaired) electrons. The van der Waals surface area contributed by atoms with Crippen LogP contribution in [0.5, 0.6) is 0 Å². The summed E-state index contributed by atoms with van der Waals surface area (Å²) in [6, 6.07) is 4.55. The van der Waals surface area contributed by atoms with Gasteiger partial charge in [-0.25, -0.2) is 0 Å². The van der Waals surface area contributed by atoms with Crippen molar-refractivity contribution in [3.05, 3.63) is 28.2 Å². The van der Waals surface area contributed by atoms with Gasteiger partial charge in [-0.15, -0.1) is 0 Å². The molecule has 1 fully saturated rings. The Morgan fingerprint density at radius 3 is 2.32 bits per heavy atom. The van der Waals surface area contributed by atoms with Gasteiger partial charge in [0.2, 0.25) is 5.91 Å². The standard InChI is InChI=1S/C14H15Cl2N3O3/c15-10-2-1-9(7-11(10)16)18-13(21)14(22)19-5-3-8(4-6-19)12(17)20/h1-2,7-8H,3-6H2,(H2,17,20)(H,18,21). The number of carbonyl (C=O) groups excluding carboxylic acids is 3. The van der Waals surface area contributed by atoms with Gasteiger partial charge in [0, 0.05) is 24.7 Å². The lowest BCUT2D eigenvalue weighted by atomic mass is 9.96. The monoisotopic (exact) mass is 343 g/mol. The van der Waals surface area contributed by atoms with E-state index < -0.39 is 11.8 Å². The first-order valence-corrected chi connectivity index (χ1v) is 7.48. The molecule has 0 aliphatic carbocycles. The molecule has 0 saturated carbocycles. The lowest BCUT2D eigenvalue weighted by Crippen LogP contribution is -2.46. The first kappa shape index (κ1) is 16.6. The highest BCUT2D eigenvalue weighted by molar-refractivity contribution is 6.42. The average molecular weight is 344 g/mol. The minimum absolute atomic E-state index is 0.234. The van der Waals surface area contributed by atoms with Crippen molar-refractivity contribution in [2.75, 3.05) is 18.4 Å². The molecule has 1 saturated heterocycles. The van der Waals surface area contributed by atoms with E-state index in [1.165, 1.54) is 17.0 Å². The number of nitrogens with zero attached hydrogens (tertiary/aromatic N) is 1. The van der Waals surface area contributed by atoms with E-state index in [0.717, 1.165) is 0 Å². The Balaban J connectivity index is 1.94.